The number of anilines is 1. The molecule has 21 heavy (non-hydrogen) atoms. The van der Waals surface area contributed by atoms with Crippen LogP contribution in [0.3, 0.4) is 0 Å². The standard InChI is InChI=1S/C16H19ClN4/c1-4-13-16(17)15(21(5-2)19-13)11-20(3)14-9-7-6-8-12(14)10-18/h6-9H,4-5,11H2,1-3H3. The largest absolute Gasteiger partial charge is 0.368 e. The zero-order valence-corrected chi connectivity index (χ0v) is 13.4. The summed E-state index contributed by atoms with van der Waals surface area (Å²) in [5.74, 6) is 0. The fourth-order valence-corrected chi connectivity index (χ4v) is 2.71. The number of aromatic nitrogens is 2. The number of benzene rings is 1. The summed E-state index contributed by atoms with van der Waals surface area (Å²) >= 11 is 6.44. The van der Waals surface area contributed by atoms with Crippen LogP contribution in [0.4, 0.5) is 5.69 Å². The van der Waals surface area contributed by atoms with Gasteiger partial charge < -0.3 is 4.90 Å². The molecule has 5 heteroatoms. The minimum absolute atomic E-state index is 0.623. The molecular weight excluding hydrogens is 284 g/mol. The van der Waals surface area contributed by atoms with Crippen LogP contribution in [-0.4, -0.2) is 16.8 Å². The second-order valence-electron chi connectivity index (χ2n) is 4.86. The fourth-order valence-electron chi connectivity index (χ4n) is 2.38. The van der Waals surface area contributed by atoms with E-state index < -0.39 is 0 Å². The van der Waals surface area contributed by atoms with Crippen molar-refractivity contribution >= 4 is 17.3 Å². The molecule has 4 nitrogen and oxygen atoms in total. The molecule has 1 aromatic carbocycles. The van der Waals surface area contributed by atoms with E-state index in [2.05, 4.69) is 18.1 Å². The molecule has 0 aliphatic carbocycles. The Labute approximate surface area is 130 Å². The first-order valence-electron chi connectivity index (χ1n) is 7.06. The van der Waals surface area contributed by atoms with E-state index in [0.717, 1.165) is 35.1 Å². The Morgan fingerprint density at radius 2 is 2.05 bits per heavy atom. The maximum Gasteiger partial charge on any atom is 0.101 e. The normalized spacial score (nSPS) is 10.4. The highest BCUT2D eigenvalue weighted by molar-refractivity contribution is 6.31. The summed E-state index contributed by atoms with van der Waals surface area (Å²) in [4.78, 5) is 2.03. The molecule has 1 heterocycles. The van der Waals surface area contributed by atoms with Gasteiger partial charge in [-0.3, -0.25) is 4.68 Å². The molecule has 0 amide bonds. The quantitative estimate of drug-likeness (QED) is 0.847. The molecule has 0 N–H and O–H groups in total. The van der Waals surface area contributed by atoms with Crippen LogP contribution >= 0.6 is 11.6 Å². The van der Waals surface area contributed by atoms with E-state index in [1.165, 1.54) is 0 Å². The van der Waals surface area contributed by atoms with Crippen molar-refractivity contribution in [2.75, 3.05) is 11.9 Å². The number of hydrogen-bond donors (Lipinski definition) is 0. The summed E-state index contributed by atoms with van der Waals surface area (Å²) < 4.78 is 1.94. The topological polar surface area (TPSA) is 44.9 Å². The SMILES string of the molecule is CCc1nn(CC)c(CN(C)c2ccccc2C#N)c1Cl. The van der Waals surface area contributed by atoms with E-state index in [1.54, 1.807) is 0 Å². The molecule has 0 bridgehead atoms. The summed E-state index contributed by atoms with van der Waals surface area (Å²) in [5.41, 5.74) is 3.48. The number of nitriles is 1. The lowest BCUT2D eigenvalue weighted by atomic mass is 10.1. The van der Waals surface area contributed by atoms with E-state index in [-0.39, 0.29) is 0 Å². The van der Waals surface area contributed by atoms with Crippen molar-refractivity contribution in [1.29, 1.82) is 5.26 Å². The zero-order valence-electron chi connectivity index (χ0n) is 12.6. The van der Waals surface area contributed by atoms with Crippen molar-refractivity contribution in [2.24, 2.45) is 0 Å². The van der Waals surface area contributed by atoms with Gasteiger partial charge in [-0.2, -0.15) is 10.4 Å². The van der Waals surface area contributed by atoms with Crippen LogP contribution in [0.2, 0.25) is 5.02 Å². The van der Waals surface area contributed by atoms with Gasteiger partial charge in [0.25, 0.3) is 0 Å². The molecule has 0 saturated carbocycles. The highest BCUT2D eigenvalue weighted by Crippen LogP contribution is 2.26. The lowest BCUT2D eigenvalue weighted by Crippen LogP contribution is -2.20. The molecule has 110 valence electrons. The van der Waals surface area contributed by atoms with Crippen LogP contribution in [0.25, 0.3) is 0 Å². The average Bonchev–Trinajstić information content (AvgIpc) is 2.83. The Hall–Kier alpha value is -1.99. The van der Waals surface area contributed by atoms with Crippen molar-refractivity contribution < 1.29 is 0 Å². The van der Waals surface area contributed by atoms with Gasteiger partial charge in [-0.1, -0.05) is 30.7 Å². The number of halogens is 1. The first-order valence-corrected chi connectivity index (χ1v) is 7.44. The molecule has 0 aliphatic rings. The molecule has 0 fully saturated rings. The third-order valence-corrected chi connectivity index (χ3v) is 3.95. The van der Waals surface area contributed by atoms with Gasteiger partial charge in [0.1, 0.15) is 6.07 Å². The highest BCUT2D eigenvalue weighted by atomic mass is 35.5. The minimum atomic E-state index is 0.623. The lowest BCUT2D eigenvalue weighted by molar-refractivity contribution is 0.610. The first-order chi connectivity index (χ1) is 10.1. The molecule has 1 aromatic heterocycles. The summed E-state index contributed by atoms with van der Waals surface area (Å²) in [6.45, 7) is 5.50. The summed E-state index contributed by atoms with van der Waals surface area (Å²) in [7, 11) is 1.96. The van der Waals surface area contributed by atoms with E-state index >= 15 is 0 Å². The Morgan fingerprint density at radius 3 is 2.67 bits per heavy atom. The van der Waals surface area contributed by atoms with Gasteiger partial charge in [0.05, 0.1) is 34.2 Å². The van der Waals surface area contributed by atoms with Crippen molar-refractivity contribution in [1.82, 2.24) is 9.78 Å². The molecule has 0 aliphatic heterocycles. The Balaban J connectivity index is 2.34. The first kappa shape index (κ1) is 15.4. The number of rotatable bonds is 5. The summed E-state index contributed by atoms with van der Waals surface area (Å²) in [6, 6.07) is 9.79. The van der Waals surface area contributed by atoms with Gasteiger partial charge in [-0.15, -0.1) is 0 Å². The highest BCUT2D eigenvalue weighted by Gasteiger charge is 2.17. The predicted octanol–water partition coefficient (Wildman–Crippen LogP) is 3.63. The molecule has 0 radical (unpaired) electrons. The second kappa shape index (κ2) is 6.64. The predicted molar refractivity (Wildman–Crippen MR) is 85.6 cm³/mol. The molecule has 2 aromatic rings. The van der Waals surface area contributed by atoms with Gasteiger partial charge in [0.15, 0.2) is 0 Å². The van der Waals surface area contributed by atoms with Gasteiger partial charge >= 0.3 is 0 Å². The van der Waals surface area contributed by atoms with Crippen LogP contribution in [0.5, 0.6) is 0 Å². The van der Waals surface area contributed by atoms with Crippen LogP contribution < -0.4 is 4.90 Å². The number of aryl methyl sites for hydroxylation is 2. The van der Waals surface area contributed by atoms with Crippen LogP contribution in [0, 0.1) is 11.3 Å². The Bertz CT molecular complexity index is 669. The van der Waals surface area contributed by atoms with Gasteiger partial charge in [0.2, 0.25) is 0 Å². The van der Waals surface area contributed by atoms with Gasteiger partial charge in [0, 0.05) is 13.6 Å². The fraction of sp³-hybridized carbons (Fsp3) is 0.375. The third kappa shape index (κ3) is 3.03. The van der Waals surface area contributed by atoms with Crippen LogP contribution in [-0.2, 0) is 19.5 Å². The molecule has 0 unspecified atom stereocenters. The maximum absolute atomic E-state index is 9.21. The molecule has 0 atom stereocenters. The average molecular weight is 303 g/mol. The van der Waals surface area contributed by atoms with Crippen molar-refractivity contribution in [2.45, 2.75) is 33.4 Å². The maximum atomic E-state index is 9.21. The van der Waals surface area contributed by atoms with Crippen LogP contribution in [0.1, 0.15) is 30.8 Å². The Kier molecular flexibility index (Phi) is 4.87. The van der Waals surface area contributed by atoms with E-state index in [4.69, 9.17) is 11.6 Å². The van der Waals surface area contributed by atoms with Crippen molar-refractivity contribution in [3.63, 3.8) is 0 Å². The minimum Gasteiger partial charge on any atom is -0.368 e. The van der Waals surface area contributed by atoms with Crippen molar-refractivity contribution in [3.05, 3.63) is 46.2 Å². The monoisotopic (exact) mass is 302 g/mol. The van der Waals surface area contributed by atoms with E-state index in [0.29, 0.717) is 12.1 Å². The lowest BCUT2D eigenvalue weighted by Gasteiger charge is -2.21. The second-order valence-corrected chi connectivity index (χ2v) is 5.24. The zero-order chi connectivity index (χ0) is 15.4. The molecule has 0 saturated heterocycles. The smallest absolute Gasteiger partial charge is 0.101 e. The summed E-state index contributed by atoms with van der Waals surface area (Å²) in [6.07, 6.45) is 0.817. The number of hydrogen-bond acceptors (Lipinski definition) is 3. The number of para-hydroxylation sites is 1. The number of nitrogens with zero attached hydrogens (tertiary/aromatic N) is 4. The van der Waals surface area contributed by atoms with Gasteiger partial charge in [-0.05, 0) is 25.5 Å². The van der Waals surface area contributed by atoms with E-state index in [9.17, 15) is 5.26 Å². The molecular formula is C16H19ClN4. The van der Waals surface area contributed by atoms with E-state index in [1.807, 2.05) is 47.8 Å². The Morgan fingerprint density at radius 1 is 1.33 bits per heavy atom. The molecule has 0 spiro atoms. The van der Waals surface area contributed by atoms with Crippen LogP contribution in [0.15, 0.2) is 24.3 Å². The summed E-state index contributed by atoms with van der Waals surface area (Å²) in [5, 5.41) is 14.5. The third-order valence-electron chi connectivity index (χ3n) is 3.52. The van der Waals surface area contributed by atoms with Gasteiger partial charge in [-0.25, -0.2) is 0 Å². The van der Waals surface area contributed by atoms with Crippen molar-refractivity contribution in [3.8, 4) is 6.07 Å². The molecule has 2 rings (SSSR count).